The molecule has 21 heavy (non-hydrogen) atoms. The van der Waals surface area contributed by atoms with E-state index in [0.29, 0.717) is 6.61 Å². The molecule has 0 fully saturated rings. The summed E-state index contributed by atoms with van der Waals surface area (Å²) in [6, 6.07) is 10.3. The lowest BCUT2D eigenvalue weighted by Gasteiger charge is -2.20. The molecule has 0 saturated heterocycles. The van der Waals surface area contributed by atoms with Crippen molar-refractivity contribution >= 4 is 35.6 Å². The SMILES string of the molecule is CCOCCNC(=NC)NCCN(C)c1ccccc1.I. The Bertz CT molecular complexity index is 387. The van der Waals surface area contributed by atoms with Gasteiger partial charge in [0.2, 0.25) is 0 Å². The number of nitrogens with one attached hydrogen (secondary N) is 2. The van der Waals surface area contributed by atoms with E-state index >= 15 is 0 Å². The van der Waals surface area contributed by atoms with E-state index in [-0.39, 0.29) is 24.0 Å². The molecule has 0 aromatic heterocycles. The zero-order valence-corrected chi connectivity index (χ0v) is 15.5. The van der Waals surface area contributed by atoms with E-state index in [1.165, 1.54) is 5.69 Å². The van der Waals surface area contributed by atoms with Crippen molar-refractivity contribution in [3.8, 4) is 0 Å². The number of hydrogen-bond donors (Lipinski definition) is 2. The summed E-state index contributed by atoms with van der Waals surface area (Å²) in [4.78, 5) is 6.38. The van der Waals surface area contributed by atoms with Crippen molar-refractivity contribution in [1.82, 2.24) is 10.6 Å². The monoisotopic (exact) mass is 406 g/mol. The number of anilines is 1. The zero-order valence-electron chi connectivity index (χ0n) is 13.1. The first-order chi connectivity index (χ1) is 9.77. The van der Waals surface area contributed by atoms with E-state index < -0.39 is 0 Å². The molecule has 0 spiro atoms. The van der Waals surface area contributed by atoms with Gasteiger partial charge in [-0.3, -0.25) is 4.99 Å². The van der Waals surface area contributed by atoms with Gasteiger partial charge in [-0.15, -0.1) is 24.0 Å². The van der Waals surface area contributed by atoms with Gasteiger partial charge in [0.05, 0.1) is 6.61 Å². The molecular weight excluding hydrogens is 379 g/mol. The highest BCUT2D eigenvalue weighted by atomic mass is 127. The number of para-hydroxylation sites is 1. The number of ether oxygens (including phenoxy) is 1. The van der Waals surface area contributed by atoms with Gasteiger partial charge in [0.25, 0.3) is 0 Å². The summed E-state index contributed by atoms with van der Waals surface area (Å²) in [6.45, 7) is 5.95. The van der Waals surface area contributed by atoms with E-state index in [9.17, 15) is 0 Å². The summed E-state index contributed by atoms with van der Waals surface area (Å²) in [5, 5.41) is 6.50. The molecule has 1 aromatic rings. The Balaban J connectivity index is 0.00000400. The smallest absolute Gasteiger partial charge is 0.191 e. The van der Waals surface area contributed by atoms with Gasteiger partial charge in [-0.2, -0.15) is 0 Å². The van der Waals surface area contributed by atoms with E-state index in [0.717, 1.165) is 32.2 Å². The molecule has 5 nitrogen and oxygen atoms in total. The predicted molar refractivity (Wildman–Crippen MR) is 101 cm³/mol. The Morgan fingerprint density at radius 3 is 2.48 bits per heavy atom. The second-order valence-electron chi connectivity index (χ2n) is 4.38. The van der Waals surface area contributed by atoms with Crippen LogP contribution < -0.4 is 15.5 Å². The van der Waals surface area contributed by atoms with Crippen LogP contribution in [0.5, 0.6) is 0 Å². The molecule has 2 N–H and O–H groups in total. The second kappa shape index (κ2) is 12.7. The van der Waals surface area contributed by atoms with Crippen molar-refractivity contribution in [2.75, 3.05) is 51.8 Å². The van der Waals surface area contributed by atoms with E-state index in [4.69, 9.17) is 4.74 Å². The summed E-state index contributed by atoms with van der Waals surface area (Å²) >= 11 is 0. The molecule has 1 aromatic carbocycles. The second-order valence-corrected chi connectivity index (χ2v) is 4.38. The summed E-state index contributed by atoms with van der Waals surface area (Å²) in [7, 11) is 3.86. The third kappa shape index (κ3) is 8.77. The Morgan fingerprint density at radius 2 is 1.86 bits per heavy atom. The van der Waals surface area contributed by atoms with Crippen molar-refractivity contribution in [3.05, 3.63) is 30.3 Å². The first-order valence-corrected chi connectivity index (χ1v) is 7.06. The summed E-state index contributed by atoms with van der Waals surface area (Å²) < 4.78 is 5.28. The van der Waals surface area contributed by atoms with Gasteiger partial charge in [-0.05, 0) is 19.1 Å². The van der Waals surface area contributed by atoms with Gasteiger partial charge < -0.3 is 20.3 Å². The van der Waals surface area contributed by atoms with Crippen LogP contribution in [-0.2, 0) is 4.74 Å². The first-order valence-electron chi connectivity index (χ1n) is 7.06. The largest absolute Gasteiger partial charge is 0.380 e. The molecule has 120 valence electrons. The van der Waals surface area contributed by atoms with Crippen LogP contribution in [0.25, 0.3) is 0 Å². The van der Waals surface area contributed by atoms with E-state index in [2.05, 4.69) is 39.7 Å². The number of halogens is 1. The molecule has 0 radical (unpaired) electrons. The molecule has 0 heterocycles. The Morgan fingerprint density at radius 1 is 1.19 bits per heavy atom. The van der Waals surface area contributed by atoms with Crippen molar-refractivity contribution in [3.63, 3.8) is 0 Å². The van der Waals surface area contributed by atoms with Gasteiger partial charge in [0.1, 0.15) is 0 Å². The average molecular weight is 406 g/mol. The highest BCUT2D eigenvalue weighted by Gasteiger charge is 2.00. The maximum absolute atomic E-state index is 5.28. The molecule has 0 aliphatic heterocycles. The fraction of sp³-hybridized carbons (Fsp3) is 0.533. The standard InChI is InChI=1S/C15H26N4O.HI/c1-4-20-13-11-18-15(16-2)17-10-12-19(3)14-8-6-5-7-9-14;/h5-9H,4,10-13H2,1-3H3,(H2,16,17,18);1H. The predicted octanol–water partition coefficient (Wildman–Crippen LogP) is 1.94. The van der Waals surface area contributed by atoms with Crippen LogP contribution >= 0.6 is 24.0 Å². The number of rotatable bonds is 8. The van der Waals surface area contributed by atoms with Gasteiger partial charge in [0, 0.05) is 46.0 Å². The molecular formula is C15H27IN4O. The van der Waals surface area contributed by atoms with Crippen LogP contribution in [0.4, 0.5) is 5.69 Å². The Kier molecular flexibility index (Phi) is 12.1. The Labute approximate surface area is 145 Å². The zero-order chi connectivity index (χ0) is 14.6. The fourth-order valence-electron chi connectivity index (χ4n) is 1.76. The van der Waals surface area contributed by atoms with Gasteiger partial charge >= 0.3 is 0 Å². The third-order valence-electron chi connectivity index (χ3n) is 2.90. The van der Waals surface area contributed by atoms with Crippen LogP contribution in [-0.4, -0.2) is 52.9 Å². The maximum atomic E-state index is 5.28. The molecule has 0 aliphatic carbocycles. The summed E-state index contributed by atoms with van der Waals surface area (Å²) in [6.07, 6.45) is 0. The van der Waals surface area contributed by atoms with E-state index in [1.54, 1.807) is 7.05 Å². The van der Waals surface area contributed by atoms with Crippen molar-refractivity contribution < 1.29 is 4.74 Å². The minimum absolute atomic E-state index is 0. The summed E-state index contributed by atoms with van der Waals surface area (Å²) in [5.74, 6) is 0.811. The van der Waals surface area contributed by atoms with Crippen molar-refractivity contribution in [2.45, 2.75) is 6.92 Å². The number of benzene rings is 1. The lowest BCUT2D eigenvalue weighted by molar-refractivity contribution is 0.152. The van der Waals surface area contributed by atoms with Crippen molar-refractivity contribution in [1.29, 1.82) is 0 Å². The molecule has 0 unspecified atom stereocenters. The highest BCUT2D eigenvalue weighted by Crippen LogP contribution is 2.09. The maximum Gasteiger partial charge on any atom is 0.191 e. The Hall–Kier alpha value is -1.02. The number of hydrogen-bond acceptors (Lipinski definition) is 3. The van der Waals surface area contributed by atoms with Gasteiger partial charge in [-0.1, -0.05) is 18.2 Å². The molecule has 1 rings (SSSR count). The van der Waals surface area contributed by atoms with Gasteiger partial charge in [-0.25, -0.2) is 0 Å². The van der Waals surface area contributed by atoms with Crippen LogP contribution in [0.3, 0.4) is 0 Å². The molecule has 0 bridgehead atoms. The lowest BCUT2D eigenvalue weighted by atomic mass is 10.3. The minimum atomic E-state index is 0. The average Bonchev–Trinajstić information content (AvgIpc) is 2.50. The van der Waals surface area contributed by atoms with Crippen LogP contribution in [0.1, 0.15) is 6.92 Å². The van der Waals surface area contributed by atoms with Crippen LogP contribution in [0.15, 0.2) is 35.3 Å². The van der Waals surface area contributed by atoms with Gasteiger partial charge in [0.15, 0.2) is 5.96 Å². The lowest BCUT2D eigenvalue weighted by Crippen LogP contribution is -2.42. The van der Waals surface area contributed by atoms with E-state index in [1.807, 2.05) is 25.1 Å². The molecule has 6 heteroatoms. The quantitative estimate of drug-likeness (QED) is 0.300. The van der Waals surface area contributed by atoms with Crippen molar-refractivity contribution in [2.24, 2.45) is 4.99 Å². The number of guanidine groups is 1. The molecule has 0 atom stereocenters. The number of aliphatic imine (C=N–C) groups is 1. The fourth-order valence-corrected chi connectivity index (χ4v) is 1.76. The molecule has 0 saturated carbocycles. The van der Waals surface area contributed by atoms with Crippen LogP contribution in [0, 0.1) is 0 Å². The highest BCUT2D eigenvalue weighted by molar-refractivity contribution is 14.0. The number of nitrogens with zero attached hydrogens (tertiary/aromatic N) is 2. The molecule has 0 amide bonds. The van der Waals surface area contributed by atoms with Crippen LogP contribution in [0.2, 0.25) is 0 Å². The minimum Gasteiger partial charge on any atom is -0.380 e. The number of likely N-dealkylation sites (N-methyl/N-ethyl adjacent to an activating group) is 1. The first kappa shape index (κ1) is 20.0. The molecule has 0 aliphatic rings. The normalized spacial score (nSPS) is 10.7. The summed E-state index contributed by atoms with van der Waals surface area (Å²) in [5.41, 5.74) is 1.22. The third-order valence-corrected chi connectivity index (χ3v) is 2.90. The topological polar surface area (TPSA) is 48.9 Å².